The van der Waals surface area contributed by atoms with Crippen molar-refractivity contribution in [2.75, 3.05) is 0 Å². The molecule has 0 aromatic heterocycles. The summed E-state index contributed by atoms with van der Waals surface area (Å²) >= 11 is 0. The molecule has 1 fully saturated rings. The van der Waals surface area contributed by atoms with Gasteiger partial charge in [-0.3, -0.25) is 4.79 Å². The Morgan fingerprint density at radius 3 is 2.29 bits per heavy atom. The van der Waals surface area contributed by atoms with E-state index in [1.165, 1.54) is 19.3 Å². The lowest BCUT2D eigenvalue weighted by Gasteiger charge is -2.30. The number of nitrogens with one attached hydrogen (secondary N) is 1. The van der Waals surface area contributed by atoms with Crippen LogP contribution in [0.5, 0.6) is 0 Å². The van der Waals surface area contributed by atoms with Gasteiger partial charge < -0.3 is 5.32 Å². The van der Waals surface area contributed by atoms with Gasteiger partial charge in [-0.25, -0.2) is 0 Å². The van der Waals surface area contributed by atoms with Crippen molar-refractivity contribution in [3.8, 4) is 6.07 Å². The van der Waals surface area contributed by atoms with Crippen LogP contribution in [-0.2, 0) is 4.79 Å². The number of hydrogen-bond acceptors (Lipinski definition) is 2. The topological polar surface area (TPSA) is 52.9 Å². The second-order valence-corrected chi connectivity index (χ2v) is 5.26. The van der Waals surface area contributed by atoms with Gasteiger partial charge >= 0.3 is 0 Å². The SMILES string of the molecule is CCC(C)C(=O)NC1(C#N)CCCCCCC1. The molecule has 0 aromatic rings. The zero-order chi connectivity index (χ0) is 12.7. The van der Waals surface area contributed by atoms with E-state index in [9.17, 15) is 10.1 Å². The molecule has 0 aromatic carbocycles. The summed E-state index contributed by atoms with van der Waals surface area (Å²) in [5.74, 6) is 0.0419. The fourth-order valence-electron chi connectivity index (χ4n) is 2.32. The van der Waals surface area contributed by atoms with Crippen LogP contribution in [0.25, 0.3) is 0 Å². The molecular weight excluding hydrogens is 212 g/mol. The van der Waals surface area contributed by atoms with E-state index in [2.05, 4.69) is 11.4 Å². The highest BCUT2D eigenvalue weighted by Gasteiger charge is 2.32. The number of nitrogens with zero attached hydrogens (tertiary/aromatic N) is 1. The normalized spacial score (nSPS) is 21.7. The number of hydrogen-bond donors (Lipinski definition) is 1. The Kier molecular flexibility index (Phi) is 5.47. The third-order valence-corrected chi connectivity index (χ3v) is 3.84. The maximum atomic E-state index is 11.9. The summed E-state index contributed by atoms with van der Waals surface area (Å²) in [6.45, 7) is 3.92. The smallest absolute Gasteiger partial charge is 0.224 e. The van der Waals surface area contributed by atoms with Crippen LogP contribution in [0.1, 0.15) is 65.2 Å². The fraction of sp³-hybridized carbons (Fsp3) is 0.857. The van der Waals surface area contributed by atoms with Gasteiger partial charge in [-0.2, -0.15) is 5.26 Å². The van der Waals surface area contributed by atoms with Crippen LogP contribution in [-0.4, -0.2) is 11.4 Å². The Bertz CT molecular complexity index is 285. The first-order valence-electron chi connectivity index (χ1n) is 6.87. The molecule has 0 radical (unpaired) electrons. The highest BCUT2D eigenvalue weighted by atomic mass is 16.2. The first kappa shape index (κ1) is 14.0. The number of rotatable bonds is 3. The molecule has 17 heavy (non-hydrogen) atoms. The zero-order valence-electron chi connectivity index (χ0n) is 11.1. The number of amides is 1. The third kappa shape index (κ3) is 4.03. The largest absolute Gasteiger partial charge is 0.338 e. The van der Waals surface area contributed by atoms with E-state index < -0.39 is 5.54 Å². The van der Waals surface area contributed by atoms with Crippen LogP contribution in [0.2, 0.25) is 0 Å². The summed E-state index contributed by atoms with van der Waals surface area (Å²) in [5.41, 5.74) is -0.596. The lowest BCUT2D eigenvalue weighted by molar-refractivity contribution is -0.126. The van der Waals surface area contributed by atoms with Crippen molar-refractivity contribution in [1.29, 1.82) is 5.26 Å². The van der Waals surface area contributed by atoms with E-state index >= 15 is 0 Å². The molecule has 3 heteroatoms. The highest BCUT2D eigenvalue weighted by molar-refractivity contribution is 5.79. The molecule has 1 aliphatic rings. The molecule has 1 rings (SSSR count). The zero-order valence-corrected chi connectivity index (χ0v) is 11.1. The van der Waals surface area contributed by atoms with Gasteiger partial charge in [-0.15, -0.1) is 0 Å². The van der Waals surface area contributed by atoms with Crippen molar-refractivity contribution in [2.45, 2.75) is 70.8 Å². The van der Waals surface area contributed by atoms with Gasteiger partial charge in [-0.05, 0) is 19.3 Å². The second-order valence-electron chi connectivity index (χ2n) is 5.26. The molecule has 0 saturated heterocycles. The van der Waals surface area contributed by atoms with Gasteiger partial charge in [0.2, 0.25) is 5.91 Å². The third-order valence-electron chi connectivity index (χ3n) is 3.84. The Balaban J connectivity index is 2.66. The van der Waals surface area contributed by atoms with Crippen LogP contribution in [0, 0.1) is 17.2 Å². The average Bonchev–Trinajstić information content (AvgIpc) is 2.31. The van der Waals surface area contributed by atoms with E-state index in [-0.39, 0.29) is 11.8 Å². The number of carbonyl (C=O) groups excluding carboxylic acids is 1. The van der Waals surface area contributed by atoms with Crippen LogP contribution in [0.3, 0.4) is 0 Å². The van der Waals surface area contributed by atoms with E-state index in [1.54, 1.807) is 0 Å². The Labute approximate surface area is 105 Å². The minimum Gasteiger partial charge on any atom is -0.338 e. The lowest BCUT2D eigenvalue weighted by Crippen LogP contribution is -2.49. The summed E-state index contributed by atoms with van der Waals surface area (Å²) in [6.07, 6.45) is 8.18. The van der Waals surface area contributed by atoms with Crippen molar-refractivity contribution >= 4 is 5.91 Å². The summed E-state index contributed by atoms with van der Waals surface area (Å²) in [6, 6.07) is 2.36. The molecule has 0 spiro atoms. The predicted molar refractivity (Wildman–Crippen MR) is 68.3 cm³/mol. The minimum atomic E-state index is -0.596. The highest BCUT2D eigenvalue weighted by Crippen LogP contribution is 2.26. The minimum absolute atomic E-state index is 0.00525. The van der Waals surface area contributed by atoms with E-state index in [1.807, 2.05) is 13.8 Å². The Hall–Kier alpha value is -1.04. The molecule has 0 heterocycles. The molecule has 1 amide bonds. The van der Waals surface area contributed by atoms with Gasteiger partial charge in [-0.1, -0.05) is 46.0 Å². The summed E-state index contributed by atoms with van der Waals surface area (Å²) in [7, 11) is 0. The van der Waals surface area contributed by atoms with Gasteiger partial charge in [0.05, 0.1) is 6.07 Å². The van der Waals surface area contributed by atoms with Crippen molar-refractivity contribution in [3.63, 3.8) is 0 Å². The average molecular weight is 236 g/mol. The first-order valence-corrected chi connectivity index (χ1v) is 6.87. The molecule has 0 bridgehead atoms. The van der Waals surface area contributed by atoms with Crippen molar-refractivity contribution < 1.29 is 4.79 Å². The maximum Gasteiger partial charge on any atom is 0.224 e. The molecule has 1 atom stereocenters. The van der Waals surface area contributed by atoms with E-state index in [0.29, 0.717) is 0 Å². The molecule has 1 N–H and O–H groups in total. The van der Waals surface area contributed by atoms with Gasteiger partial charge in [0.1, 0.15) is 5.54 Å². The second kappa shape index (κ2) is 6.64. The molecule has 1 unspecified atom stereocenters. The summed E-state index contributed by atoms with van der Waals surface area (Å²) < 4.78 is 0. The van der Waals surface area contributed by atoms with Crippen molar-refractivity contribution in [3.05, 3.63) is 0 Å². The Morgan fingerprint density at radius 1 is 1.29 bits per heavy atom. The molecule has 0 aliphatic heterocycles. The van der Waals surface area contributed by atoms with Gasteiger partial charge in [0, 0.05) is 5.92 Å². The predicted octanol–water partition coefficient (Wildman–Crippen LogP) is 3.16. The van der Waals surface area contributed by atoms with Crippen LogP contribution >= 0.6 is 0 Å². The van der Waals surface area contributed by atoms with Crippen LogP contribution in [0.4, 0.5) is 0 Å². The van der Waals surface area contributed by atoms with Crippen LogP contribution in [0.15, 0.2) is 0 Å². The van der Waals surface area contributed by atoms with Crippen molar-refractivity contribution in [2.24, 2.45) is 5.92 Å². The molecule has 96 valence electrons. The maximum absolute atomic E-state index is 11.9. The lowest BCUT2D eigenvalue weighted by atomic mass is 9.84. The Morgan fingerprint density at radius 2 is 1.82 bits per heavy atom. The standard InChI is InChI=1S/C14H24N2O/c1-3-12(2)13(17)16-14(11-15)9-7-5-4-6-8-10-14/h12H,3-10H2,1-2H3,(H,16,17). The first-order chi connectivity index (χ1) is 8.13. The summed E-state index contributed by atoms with van der Waals surface area (Å²) in [5, 5.41) is 12.4. The van der Waals surface area contributed by atoms with Crippen molar-refractivity contribution in [1.82, 2.24) is 5.32 Å². The van der Waals surface area contributed by atoms with E-state index in [4.69, 9.17) is 0 Å². The summed E-state index contributed by atoms with van der Waals surface area (Å²) in [4.78, 5) is 11.9. The van der Waals surface area contributed by atoms with E-state index in [0.717, 1.165) is 32.1 Å². The van der Waals surface area contributed by atoms with Gasteiger partial charge in [0.25, 0.3) is 0 Å². The molecular formula is C14H24N2O. The molecule has 1 aliphatic carbocycles. The fourth-order valence-corrected chi connectivity index (χ4v) is 2.32. The molecule has 1 saturated carbocycles. The number of carbonyl (C=O) groups is 1. The monoisotopic (exact) mass is 236 g/mol. The molecule has 3 nitrogen and oxygen atoms in total. The quantitative estimate of drug-likeness (QED) is 0.818. The van der Waals surface area contributed by atoms with Gasteiger partial charge in [0.15, 0.2) is 0 Å². The number of nitriles is 1. The van der Waals surface area contributed by atoms with Crippen LogP contribution < -0.4 is 5.32 Å².